The first kappa shape index (κ1) is 17.2. The van der Waals surface area contributed by atoms with Crippen LogP contribution in [0, 0.1) is 13.8 Å². The van der Waals surface area contributed by atoms with E-state index in [1.165, 1.54) is 5.56 Å². The Hall–Kier alpha value is -2.60. The minimum Gasteiger partial charge on any atom is -0.493 e. The SMILES string of the molecule is COc1ccc(C(=O)CNc2nc3c(C)cc(C)cc3s2)cc1OC. The summed E-state index contributed by atoms with van der Waals surface area (Å²) in [5.74, 6) is 1.11. The molecule has 0 radical (unpaired) electrons. The minimum atomic E-state index is -0.0342. The predicted molar refractivity (Wildman–Crippen MR) is 101 cm³/mol. The maximum atomic E-state index is 12.4. The molecule has 0 aliphatic carbocycles. The van der Waals surface area contributed by atoms with E-state index < -0.39 is 0 Å². The van der Waals surface area contributed by atoms with Crippen LogP contribution in [0.25, 0.3) is 10.2 Å². The van der Waals surface area contributed by atoms with Gasteiger partial charge < -0.3 is 14.8 Å². The Kier molecular flexibility index (Phi) is 4.90. The molecule has 0 fully saturated rings. The number of thiazole rings is 1. The van der Waals surface area contributed by atoms with Crippen LogP contribution in [0.4, 0.5) is 5.13 Å². The van der Waals surface area contributed by atoms with Crippen LogP contribution in [0.1, 0.15) is 21.5 Å². The summed E-state index contributed by atoms with van der Waals surface area (Å²) in [5, 5.41) is 3.88. The van der Waals surface area contributed by atoms with Crippen molar-refractivity contribution in [2.45, 2.75) is 13.8 Å². The lowest BCUT2D eigenvalue weighted by atomic mass is 10.1. The van der Waals surface area contributed by atoms with Crippen LogP contribution in [0.2, 0.25) is 0 Å². The van der Waals surface area contributed by atoms with Crippen molar-refractivity contribution in [3.63, 3.8) is 0 Å². The molecule has 0 atom stereocenters. The van der Waals surface area contributed by atoms with Gasteiger partial charge in [-0.05, 0) is 49.2 Å². The van der Waals surface area contributed by atoms with Crippen molar-refractivity contribution in [2.24, 2.45) is 0 Å². The summed E-state index contributed by atoms with van der Waals surface area (Å²) >= 11 is 1.56. The number of aromatic nitrogens is 1. The van der Waals surface area contributed by atoms with Crippen molar-refractivity contribution >= 4 is 32.5 Å². The molecule has 0 saturated carbocycles. The van der Waals surface area contributed by atoms with Crippen molar-refractivity contribution in [3.05, 3.63) is 47.0 Å². The number of ketones is 1. The number of nitrogens with zero attached hydrogens (tertiary/aromatic N) is 1. The number of fused-ring (bicyclic) bond motifs is 1. The Morgan fingerprint density at radius 3 is 2.60 bits per heavy atom. The van der Waals surface area contributed by atoms with E-state index in [0.717, 1.165) is 20.9 Å². The first-order valence-corrected chi connectivity index (χ1v) is 8.70. The fraction of sp³-hybridized carbons (Fsp3) is 0.263. The summed E-state index contributed by atoms with van der Waals surface area (Å²) in [4.78, 5) is 17.0. The molecule has 0 spiro atoms. The van der Waals surface area contributed by atoms with Crippen LogP contribution in [0.15, 0.2) is 30.3 Å². The zero-order chi connectivity index (χ0) is 18.0. The lowest BCUT2D eigenvalue weighted by Crippen LogP contribution is -2.14. The molecular weight excluding hydrogens is 336 g/mol. The van der Waals surface area contributed by atoms with Gasteiger partial charge in [-0.3, -0.25) is 4.79 Å². The summed E-state index contributed by atoms with van der Waals surface area (Å²) in [6.45, 7) is 4.29. The average molecular weight is 356 g/mol. The van der Waals surface area contributed by atoms with Gasteiger partial charge in [-0.25, -0.2) is 4.98 Å². The minimum absolute atomic E-state index is 0.0342. The summed E-state index contributed by atoms with van der Waals surface area (Å²) < 4.78 is 11.6. The van der Waals surface area contributed by atoms with Gasteiger partial charge >= 0.3 is 0 Å². The van der Waals surface area contributed by atoms with Gasteiger partial charge in [0.1, 0.15) is 0 Å². The molecule has 3 aromatic rings. The lowest BCUT2D eigenvalue weighted by molar-refractivity contribution is 0.101. The van der Waals surface area contributed by atoms with Crippen LogP contribution in [-0.2, 0) is 0 Å². The standard InChI is InChI=1S/C19H20N2O3S/c1-11-7-12(2)18-17(8-11)25-19(21-18)20-10-14(22)13-5-6-15(23-3)16(9-13)24-4/h5-9H,10H2,1-4H3,(H,20,21). The maximum absolute atomic E-state index is 12.4. The molecule has 1 N–H and O–H groups in total. The Morgan fingerprint density at radius 2 is 1.88 bits per heavy atom. The summed E-state index contributed by atoms with van der Waals surface area (Å²) in [7, 11) is 3.12. The van der Waals surface area contributed by atoms with Gasteiger partial charge in [0.05, 0.1) is 31.0 Å². The monoisotopic (exact) mass is 356 g/mol. The largest absolute Gasteiger partial charge is 0.493 e. The van der Waals surface area contributed by atoms with Gasteiger partial charge in [0.25, 0.3) is 0 Å². The lowest BCUT2D eigenvalue weighted by Gasteiger charge is -2.09. The normalized spacial score (nSPS) is 10.7. The number of methoxy groups -OCH3 is 2. The third kappa shape index (κ3) is 3.58. The predicted octanol–water partition coefficient (Wildman–Crippen LogP) is 4.23. The number of anilines is 1. The van der Waals surface area contributed by atoms with Gasteiger partial charge in [-0.15, -0.1) is 0 Å². The fourth-order valence-corrected chi connectivity index (χ4v) is 3.75. The molecule has 1 aromatic heterocycles. The third-order valence-corrected chi connectivity index (χ3v) is 4.90. The number of hydrogen-bond donors (Lipinski definition) is 1. The number of rotatable bonds is 6. The van der Waals surface area contributed by atoms with Crippen LogP contribution in [-0.4, -0.2) is 31.5 Å². The maximum Gasteiger partial charge on any atom is 0.184 e. The zero-order valence-electron chi connectivity index (χ0n) is 14.7. The smallest absolute Gasteiger partial charge is 0.184 e. The Bertz CT molecular complexity index is 934. The number of carbonyl (C=O) groups is 1. The highest BCUT2D eigenvalue weighted by atomic mass is 32.1. The van der Waals surface area contributed by atoms with Crippen molar-refractivity contribution in [1.29, 1.82) is 0 Å². The van der Waals surface area contributed by atoms with E-state index in [1.54, 1.807) is 43.8 Å². The molecule has 3 rings (SSSR count). The van der Waals surface area contributed by atoms with Crippen molar-refractivity contribution in [2.75, 3.05) is 26.1 Å². The van der Waals surface area contributed by atoms with Crippen LogP contribution in [0.5, 0.6) is 11.5 Å². The van der Waals surface area contributed by atoms with Crippen LogP contribution in [0.3, 0.4) is 0 Å². The van der Waals surface area contributed by atoms with Gasteiger partial charge in [-0.1, -0.05) is 17.4 Å². The van der Waals surface area contributed by atoms with E-state index in [2.05, 4.69) is 29.4 Å². The summed E-state index contributed by atoms with van der Waals surface area (Å²) in [5.41, 5.74) is 3.90. The molecule has 0 saturated heterocycles. The second-order valence-electron chi connectivity index (χ2n) is 5.79. The third-order valence-electron chi connectivity index (χ3n) is 3.94. The molecular formula is C19H20N2O3S. The molecule has 0 unspecified atom stereocenters. The topological polar surface area (TPSA) is 60.5 Å². The van der Waals surface area contributed by atoms with Crippen LogP contribution >= 0.6 is 11.3 Å². The number of Topliss-reactive ketones (excluding diaryl/α,β-unsaturated/α-hetero) is 1. The molecule has 0 amide bonds. The van der Waals surface area contributed by atoms with E-state index in [-0.39, 0.29) is 12.3 Å². The van der Waals surface area contributed by atoms with E-state index in [9.17, 15) is 4.79 Å². The number of aryl methyl sites for hydroxylation is 2. The molecule has 6 heteroatoms. The number of hydrogen-bond acceptors (Lipinski definition) is 6. The van der Waals surface area contributed by atoms with Crippen molar-refractivity contribution in [1.82, 2.24) is 4.98 Å². The summed E-state index contributed by atoms with van der Waals surface area (Å²) in [6.07, 6.45) is 0. The molecule has 0 aliphatic rings. The Labute approximate surface area is 150 Å². The number of carbonyl (C=O) groups excluding carboxylic acids is 1. The van der Waals surface area contributed by atoms with E-state index in [4.69, 9.17) is 9.47 Å². The highest BCUT2D eigenvalue weighted by Crippen LogP contribution is 2.30. The van der Waals surface area contributed by atoms with E-state index in [0.29, 0.717) is 17.1 Å². The molecule has 0 bridgehead atoms. The molecule has 0 aliphatic heterocycles. The second-order valence-corrected chi connectivity index (χ2v) is 6.82. The van der Waals surface area contributed by atoms with Gasteiger partial charge in [0.2, 0.25) is 0 Å². The molecule has 1 heterocycles. The highest BCUT2D eigenvalue weighted by Gasteiger charge is 2.12. The van der Waals surface area contributed by atoms with Crippen molar-refractivity contribution in [3.8, 4) is 11.5 Å². The first-order chi connectivity index (χ1) is 12.0. The van der Waals surface area contributed by atoms with E-state index >= 15 is 0 Å². The fourth-order valence-electron chi connectivity index (χ4n) is 2.71. The van der Waals surface area contributed by atoms with Gasteiger partial charge in [-0.2, -0.15) is 0 Å². The Morgan fingerprint density at radius 1 is 1.12 bits per heavy atom. The van der Waals surface area contributed by atoms with Gasteiger partial charge in [0.15, 0.2) is 22.4 Å². The first-order valence-electron chi connectivity index (χ1n) is 7.88. The number of ether oxygens (including phenoxy) is 2. The van der Waals surface area contributed by atoms with Gasteiger partial charge in [0, 0.05) is 5.56 Å². The number of benzene rings is 2. The molecule has 25 heavy (non-hydrogen) atoms. The quantitative estimate of drug-likeness (QED) is 0.670. The summed E-state index contributed by atoms with van der Waals surface area (Å²) in [6, 6.07) is 9.38. The zero-order valence-corrected chi connectivity index (χ0v) is 15.5. The molecule has 2 aromatic carbocycles. The van der Waals surface area contributed by atoms with Crippen LogP contribution < -0.4 is 14.8 Å². The second kappa shape index (κ2) is 7.11. The molecule has 5 nitrogen and oxygen atoms in total. The highest BCUT2D eigenvalue weighted by molar-refractivity contribution is 7.22. The average Bonchev–Trinajstić information content (AvgIpc) is 3.02. The van der Waals surface area contributed by atoms with E-state index in [1.807, 2.05) is 6.92 Å². The molecule has 130 valence electrons. The number of nitrogens with one attached hydrogen (secondary N) is 1. The Balaban J connectivity index is 1.75. The van der Waals surface area contributed by atoms with Crippen molar-refractivity contribution < 1.29 is 14.3 Å².